The number of hydrogen-bond donors (Lipinski definition) is 0. The normalized spacial score (nSPS) is 11.6. The molecule has 11 heavy (non-hydrogen) atoms. The van der Waals surface area contributed by atoms with Crippen molar-refractivity contribution in [3.63, 3.8) is 0 Å². The van der Waals surface area contributed by atoms with Crippen LogP contribution in [0.15, 0.2) is 30.3 Å². The van der Waals surface area contributed by atoms with E-state index in [0.29, 0.717) is 0 Å². The van der Waals surface area contributed by atoms with E-state index in [1.54, 1.807) is 11.3 Å². The molecule has 2 heterocycles. The van der Waals surface area contributed by atoms with Gasteiger partial charge in [0.15, 0.2) is 0 Å². The molecule has 1 aromatic carbocycles. The minimum Gasteiger partial charge on any atom is -0.236 e. The smallest absolute Gasteiger partial charge is 0.117 e. The van der Waals surface area contributed by atoms with E-state index < -0.39 is 0 Å². The average Bonchev–Trinajstić information content (AvgIpc) is 2.42. The molecule has 0 spiro atoms. The summed E-state index contributed by atoms with van der Waals surface area (Å²) in [4.78, 5) is 5.56. The second kappa shape index (κ2) is 1.71. The molecule has 0 radical (unpaired) electrons. The number of hydrogen-bond acceptors (Lipinski definition) is 2. The Labute approximate surface area is 67.6 Å². The lowest BCUT2D eigenvalue weighted by Crippen LogP contribution is -1.71. The van der Waals surface area contributed by atoms with Crippen molar-refractivity contribution < 1.29 is 0 Å². The zero-order chi connectivity index (χ0) is 7.26. The van der Waals surface area contributed by atoms with Crippen molar-refractivity contribution in [3.05, 3.63) is 30.3 Å². The summed E-state index contributed by atoms with van der Waals surface area (Å²) in [7, 11) is 0. The van der Waals surface area contributed by atoms with E-state index in [0.717, 1.165) is 10.3 Å². The number of para-hydroxylation sites is 1. The molecule has 3 rings (SSSR count). The molecule has 0 aliphatic rings. The van der Waals surface area contributed by atoms with E-state index in [4.69, 9.17) is 0 Å². The maximum atomic E-state index is 4.43. The second-order valence-electron chi connectivity index (χ2n) is 2.58. The zero-order valence-corrected chi connectivity index (χ0v) is 6.56. The van der Waals surface area contributed by atoms with Gasteiger partial charge in [-0.1, -0.05) is 12.1 Å². The van der Waals surface area contributed by atoms with Crippen molar-refractivity contribution in [3.8, 4) is 0 Å². The highest BCUT2D eigenvalue weighted by Gasteiger charge is 2.02. The number of aromatic nitrogens is 1. The third kappa shape index (κ3) is 0.621. The molecule has 0 N–H and O–H groups in total. The molecule has 3 aromatic rings. The maximum Gasteiger partial charge on any atom is 0.117 e. The summed E-state index contributed by atoms with van der Waals surface area (Å²) in [5, 5.41) is 1.25. The van der Waals surface area contributed by atoms with Crippen molar-refractivity contribution in [2.45, 2.75) is 0 Å². The standard InChI is InChI=1S/C9H5NS/c1-2-6-4-5-8-10-9(6)7(3-1)11-8/h1-5H. The maximum absolute atomic E-state index is 4.43. The molecule has 52 valence electrons. The molecule has 0 amide bonds. The molecule has 0 fully saturated rings. The highest BCUT2D eigenvalue weighted by molar-refractivity contribution is 7.24. The van der Waals surface area contributed by atoms with E-state index in [2.05, 4.69) is 35.3 Å². The van der Waals surface area contributed by atoms with Crippen LogP contribution in [-0.2, 0) is 0 Å². The van der Waals surface area contributed by atoms with E-state index in [1.807, 2.05) is 0 Å². The fourth-order valence-corrected chi connectivity index (χ4v) is 2.26. The quantitative estimate of drug-likeness (QED) is 0.491. The van der Waals surface area contributed by atoms with Gasteiger partial charge in [0, 0.05) is 5.39 Å². The Morgan fingerprint density at radius 3 is 3.09 bits per heavy atom. The van der Waals surface area contributed by atoms with Gasteiger partial charge in [-0.2, -0.15) is 0 Å². The molecular formula is C9H5NS. The summed E-state index contributed by atoms with van der Waals surface area (Å²) in [5.74, 6) is 0. The summed E-state index contributed by atoms with van der Waals surface area (Å²) in [5.41, 5.74) is 1.16. The van der Waals surface area contributed by atoms with Crippen LogP contribution in [0.2, 0.25) is 0 Å². The molecule has 2 bridgehead atoms. The zero-order valence-electron chi connectivity index (χ0n) is 5.74. The minimum absolute atomic E-state index is 1.12. The Morgan fingerprint density at radius 1 is 1.09 bits per heavy atom. The predicted octanol–water partition coefficient (Wildman–Crippen LogP) is 2.89. The Balaban J connectivity index is 2.82. The molecule has 0 aliphatic heterocycles. The number of rotatable bonds is 0. The summed E-state index contributed by atoms with van der Waals surface area (Å²) < 4.78 is 1.29. The number of nitrogens with zero attached hydrogens (tertiary/aromatic N) is 1. The van der Waals surface area contributed by atoms with Gasteiger partial charge in [-0.3, -0.25) is 0 Å². The van der Waals surface area contributed by atoms with Crippen LogP contribution in [0, 0.1) is 0 Å². The molecule has 0 saturated heterocycles. The van der Waals surface area contributed by atoms with Gasteiger partial charge in [0.2, 0.25) is 0 Å². The van der Waals surface area contributed by atoms with Crippen LogP contribution < -0.4 is 0 Å². The van der Waals surface area contributed by atoms with E-state index in [1.165, 1.54) is 10.1 Å². The van der Waals surface area contributed by atoms with E-state index in [9.17, 15) is 0 Å². The average molecular weight is 159 g/mol. The van der Waals surface area contributed by atoms with Gasteiger partial charge in [-0.25, -0.2) is 4.98 Å². The monoisotopic (exact) mass is 159 g/mol. The molecule has 0 unspecified atom stereocenters. The van der Waals surface area contributed by atoms with Crippen LogP contribution >= 0.6 is 11.3 Å². The minimum atomic E-state index is 1.12. The third-order valence-electron chi connectivity index (χ3n) is 1.87. The van der Waals surface area contributed by atoms with Gasteiger partial charge < -0.3 is 0 Å². The molecule has 0 aliphatic carbocycles. The van der Waals surface area contributed by atoms with Crippen LogP contribution in [-0.4, -0.2) is 4.98 Å². The number of fused-ring (bicyclic) bond motifs is 1. The molecule has 1 nitrogen and oxygen atoms in total. The van der Waals surface area contributed by atoms with Crippen molar-refractivity contribution in [2.75, 3.05) is 0 Å². The van der Waals surface area contributed by atoms with Gasteiger partial charge >= 0.3 is 0 Å². The fourth-order valence-electron chi connectivity index (χ4n) is 1.35. The van der Waals surface area contributed by atoms with Gasteiger partial charge in [0.05, 0.1) is 10.2 Å². The van der Waals surface area contributed by atoms with Crippen LogP contribution in [0.5, 0.6) is 0 Å². The molecule has 0 atom stereocenters. The van der Waals surface area contributed by atoms with Crippen LogP contribution in [0.1, 0.15) is 0 Å². The van der Waals surface area contributed by atoms with E-state index >= 15 is 0 Å². The topological polar surface area (TPSA) is 12.9 Å². The van der Waals surface area contributed by atoms with Crippen LogP contribution in [0.25, 0.3) is 20.4 Å². The first kappa shape index (κ1) is 5.49. The SMILES string of the molecule is c1cc2ccc3nc2c(c1)s3. The van der Waals surface area contributed by atoms with Gasteiger partial charge in [0.1, 0.15) is 4.83 Å². The predicted molar refractivity (Wildman–Crippen MR) is 48.3 cm³/mol. The summed E-state index contributed by atoms with van der Waals surface area (Å²) in [6.45, 7) is 0. The Hall–Kier alpha value is -1.15. The number of pyridine rings is 1. The van der Waals surface area contributed by atoms with Gasteiger partial charge in [-0.15, -0.1) is 11.3 Å². The van der Waals surface area contributed by atoms with E-state index in [-0.39, 0.29) is 0 Å². The molecule has 2 aromatic heterocycles. The van der Waals surface area contributed by atoms with Crippen molar-refractivity contribution >= 4 is 31.8 Å². The third-order valence-corrected chi connectivity index (χ3v) is 2.86. The highest BCUT2D eigenvalue weighted by atomic mass is 32.1. The summed E-state index contributed by atoms with van der Waals surface area (Å²) >= 11 is 1.75. The second-order valence-corrected chi connectivity index (χ2v) is 3.64. The lowest BCUT2D eigenvalue weighted by atomic mass is 10.2. The summed E-state index contributed by atoms with van der Waals surface area (Å²) in [6, 6.07) is 10.5. The first-order chi connectivity index (χ1) is 5.43. The first-order valence-electron chi connectivity index (χ1n) is 3.51. The van der Waals surface area contributed by atoms with Crippen molar-refractivity contribution in [1.29, 1.82) is 0 Å². The lowest BCUT2D eigenvalue weighted by molar-refractivity contribution is 1.56. The van der Waals surface area contributed by atoms with Crippen LogP contribution in [0.3, 0.4) is 0 Å². The number of benzene rings is 1. The molecule has 2 heteroatoms. The largest absolute Gasteiger partial charge is 0.236 e. The van der Waals surface area contributed by atoms with Gasteiger partial charge in [-0.05, 0) is 18.2 Å². The lowest BCUT2D eigenvalue weighted by Gasteiger charge is -1.89. The molecule has 0 saturated carbocycles. The van der Waals surface area contributed by atoms with Crippen molar-refractivity contribution in [1.82, 2.24) is 4.98 Å². The van der Waals surface area contributed by atoms with Crippen LogP contribution in [0.4, 0.5) is 0 Å². The molecular weight excluding hydrogens is 154 g/mol. The van der Waals surface area contributed by atoms with Gasteiger partial charge in [0.25, 0.3) is 0 Å². The van der Waals surface area contributed by atoms with Crippen molar-refractivity contribution in [2.24, 2.45) is 0 Å². The Kier molecular flexibility index (Phi) is 0.855. The fraction of sp³-hybridized carbons (Fsp3) is 0. The highest BCUT2D eigenvalue weighted by Crippen LogP contribution is 2.28. The Bertz CT molecular complexity index is 476. The number of thiazole rings is 1. The Morgan fingerprint density at radius 2 is 2.09 bits per heavy atom. The first-order valence-corrected chi connectivity index (χ1v) is 4.33. The summed E-state index contributed by atoms with van der Waals surface area (Å²) in [6.07, 6.45) is 0.